The minimum atomic E-state index is -3.24. The number of hydrogen-bond donors (Lipinski definition) is 1. The lowest BCUT2D eigenvalue weighted by atomic mass is 10.2. The van der Waals surface area contributed by atoms with Crippen molar-refractivity contribution in [1.29, 1.82) is 0 Å². The second kappa shape index (κ2) is 6.36. The van der Waals surface area contributed by atoms with E-state index in [1.807, 2.05) is 6.07 Å². The SMILES string of the molecule is Cc1oncc1C(=O)NCc1cc2n(n1)CCCN(S(C)(=O)=O)C2. The van der Waals surface area contributed by atoms with Crippen LogP contribution in [0.3, 0.4) is 0 Å². The van der Waals surface area contributed by atoms with Crippen LogP contribution in [0.5, 0.6) is 0 Å². The zero-order valence-corrected chi connectivity index (χ0v) is 14.3. The van der Waals surface area contributed by atoms with Gasteiger partial charge in [-0.3, -0.25) is 9.48 Å². The maximum absolute atomic E-state index is 12.0. The molecule has 0 spiro atoms. The van der Waals surface area contributed by atoms with Gasteiger partial charge in [-0.05, 0) is 19.4 Å². The summed E-state index contributed by atoms with van der Waals surface area (Å²) in [6.45, 7) is 3.36. The number of amides is 1. The Morgan fingerprint density at radius 1 is 1.42 bits per heavy atom. The van der Waals surface area contributed by atoms with Gasteiger partial charge < -0.3 is 9.84 Å². The first-order valence-corrected chi connectivity index (χ1v) is 9.39. The van der Waals surface area contributed by atoms with E-state index in [0.717, 1.165) is 5.69 Å². The third kappa shape index (κ3) is 3.49. The third-order valence-corrected chi connectivity index (χ3v) is 5.17. The van der Waals surface area contributed by atoms with Crippen LogP contribution < -0.4 is 5.32 Å². The van der Waals surface area contributed by atoms with Crippen LogP contribution in [0.15, 0.2) is 16.8 Å². The van der Waals surface area contributed by atoms with Gasteiger partial charge in [-0.2, -0.15) is 9.40 Å². The zero-order chi connectivity index (χ0) is 17.3. The number of aryl methyl sites for hydroxylation is 2. The quantitative estimate of drug-likeness (QED) is 0.845. The smallest absolute Gasteiger partial charge is 0.256 e. The molecule has 0 unspecified atom stereocenters. The van der Waals surface area contributed by atoms with Crippen molar-refractivity contribution in [2.24, 2.45) is 0 Å². The van der Waals surface area contributed by atoms with Crippen LogP contribution in [-0.4, -0.2) is 46.4 Å². The molecule has 0 atom stereocenters. The van der Waals surface area contributed by atoms with Gasteiger partial charge >= 0.3 is 0 Å². The molecule has 2 aromatic heterocycles. The molecule has 1 amide bonds. The first-order chi connectivity index (χ1) is 11.3. The van der Waals surface area contributed by atoms with Crippen LogP contribution in [-0.2, 0) is 29.7 Å². The lowest BCUT2D eigenvalue weighted by Gasteiger charge is -2.16. The number of nitrogens with one attached hydrogen (secondary N) is 1. The summed E-state index contributed by atoms with van der Waals surface area (Å²) in [7, 11) is -3.24. The highest BCUT2D eigenvalue weighted by atomic mass is 32.2. The van der Waals surface area contributed by atoms with Gasteiger partial charge in [-0.1, -0.05) is 5.16 Å². The maximum Gasteiger partial charge on any atom is 0.256 e. The molecular formula is C14H19N5O4S. The summed E-state index contributed by atoms with van der Waals surface area (Å²) in [6, 6.07) is 1.82. The molecule has 24 heavy (non-hydrogen) atoms. The average molecular weight is 353 g/mol. The van der Waals surface area contributed by atoms with Gasteiger partial charge in [0.1, 0.15) is 11.3 Å². The van der Waals surface area contributed by atoms with Crippen LogP contribution in [0, 0.1) is 6.92 Å². The van der Waals surface area contributed by atoms with Crippen molar-refractivity contribution in [1.82, 2.24) is 24.6 Å². The minimum absolute atomic E-state index is 0.252. The Labute approximate surface area is 139 Å². The van der Waals surface area contributed by atoms with E-state index in [0.29, 0.717) is 43.1 Å². The van der Waals surface area contributed by atoms with Crippen LogP contribution in [0.2, 0.25) is 0 Å². The van der Waals surface area contributed by atoms with E-state index in [1.54, 1.807) is 11.6 Å². The Bertz CT molecular complexity index is 854. The van der Waals surface area contributed by atoms with Gasteiger partial charge in [0, 0.05) is 13.1 Å². The van der Waals surface area contributed by atoms with Crippen molar-refractivity contribution in [2.45, 2.75) is 33.0 Å². The van der Waals surface area contributed by atoms with Crippen LogP contribution in [0.25, 0.3) is 0 Å². The van der Waals surface area contributed by atoms with Crippen LogP contribution in [0.1, 0.15) is 33.9 Å². The van der Waals surface area contributed by atoms with E-state index >= 15 is 0 Å². The summed E-state index contributed by atoms with van der Waals surface area (Å²) in [5.41, 5.74) is 1.89. The molecule has 0 aliphatic carbocycles. The van der Waals surface area contributed by atoms with E-state index in [2.05, 4.69) is 15.6 Å². The number of carbonyl (C=O) groups excluding carboxylic acids is 1. The fourth-order valence-corrected chi connectivity index (χ4v) is 3.47. The summed E-state index contributed by atoms with van der Waals surface area (Å²) in [6.07, 6.45) is 3.28. The lowest BCUT2D eigenvalue weighted by molar-refractivity contribution is 0.0949. The number of rotatable bonds is 4. The second-order valence-corrected chi connectivity index (χ2v) is 7.76. The molecule has 0 bridgehead atoms. The predicted molar refractivity (Wildman–Crippen MR) is 84.5 cm³/mol. The summed E-state index contributed by atoms with van der Waals surface area (Å²) in [4.78, 5) is 12.0. The van der Waals surface area contributed by atoms with Gasteiger partial charge in [0.25, 0.3) is 5.91 Å². The lowest BCUT2D eigenvalue weighted by Crippen LogP contribution is -2.29. The van der Waals surface area contributed by atoms with Gasteiger partial charge in [-0.15, -0.1) is 0 Å². The molecule has 0 radical (unpaired) electrons. The fourth-order valence-electron chi connectivity index (χ4n) is 2.64. The molecule has 3 heterocycles. The molecule has 1 aliphatic rings. The molecule has 2 aromatic rings. The van der Waals surface area contributed by atoms with Crippen molar-refractivity contribution >= 4 is 15.9 Å². The normalized spacial score (nSPS) is 15.8. The van der Waals surface area contributed by atoms with Crippen LogP contribution in [0.4, 0.5) is 0 Å². The summed E-state index contributed by atoms with van der Waals surface area (Å²) >= 11 is 0. The predicted octanol–water partition coefficient (Wildman–Crippen LogP) is 0.275. The van der Waals surface area contributed by atoms with Gasteiger partial charge in [0.05, 0.1) is 36.9 Å². The van der Waals surface area contributed by atoms with Crippen molar-refractivity contribution in [3.05, 3.63) is 35.0 Å². The number of aromatic nitrogens is 3. The zero-order valence-electron chi connectivity index (χ0n) is 13.5. The largest absolute Gasteiger partial charge is 0.361 e. The van der Waals surface area contributed by atoms with Crippen molar-refractivity contribution < 1.29 is 17.7 Å². The number of sulfonamides is 1. The molecular weight excluding hydrogens is 334 g/mol. The fraction of sp³-hybridized carbons (Fsp3) is 0.500. The monoisotopic (exact) mass is 353 g/mol. The maximum atomic E-state index is 12.0. The third-order valence-electron chi connectivity index (χ3n) is 3.92. The number of nitrogens with zero attached hydrogens (tertiary/aromatic N) is 4. The number of fused-ring (bicyclic) bond motifs is 1. The highest BCUT2D eigenvalue weighted by molar-refractivity contribution is 7.88. The molecule has 1 N–H and O–H groups in total. The average Bonchev–Trinajstić information content (AvgIpc) is 3.04. The molecule has 130 valence electrons. The van der Waals surface area contributed by atoms with Crippen molar-refractivity contribution in [3.63, 3.8) is 0 Å². The highest BCUT2D eigenvalue weighted by Crippen LogP contribution is 2.16. The number of hydrogen-bond acceptors (Lipinski definition) is 6. The Morgan fingerprint density at radius 2 is 2.21 bits per heavy atom. The molecule has 1 aliphatic heterocycles. The van der Waals surface area contributed by atoms with Crippen LogP contribution >= 0.6 is 0 Å². The Hall–Kier alpha value is -2.20. The van der Waals surface area contributed by atoms with Crippen molar-refractivity contribution in [2.75, 3.05) is 12.8 Å². The van der Waals surface area contributed by atoms with Crippen molar-refractivity contribution in [3.8, 4) is 0 Å². The Morgan fingerprint density at radius 3 is 2.88 bits per heavy atom. The van der Waals surface area contributed by atoms with E-state index in [-0.39, 0.29) is 12.5 Å². The van der Waals surface area contributed by atoms with Gasteiger partial charge in [0.15, 0.2) is 0 Å². The second-order valence-electron chi connectivity index (χ2n) is 5.78. The van der Waals surface area contributed by atoms with E-state index in [1.165, 1.54) is 16.8 Å². The highest BCUT2D eigenvalue weighted by Gasteiger charge is 2.23. The van der Waals surface area contributed by atoms with Gasteiger partial charge in [0.2, 0.25) is 10.0 Å². The topological polar surface area (TPSA) is 110 Å². The molecule has 0 saturated heterocycles. The molecule has 0 fully saturated rings. The van der Waals surface area contributed by atoms with E-state index in [9.17, 15) is 13.2 Å². The van der Waals surface area contributed by atoms with E-state index < -0.39 is 10.0 Å². The standard InChI is InChI=1S/C14H19N5O4S/c1-10-13(8-16-23-10)14(20)15-7-11-6-12-9-18(24(2,21)22)4-3-5-19(12)17-11/h6,8H,3-5,7,9H2,1-2H3,(H,15,20). The molecule has 0 aromatic carbocycles. The summed E-state index contributed by atoms with van der Waals surface area (Å²) < 4.78 is 31.6. The Balaban J connectivity index is 1.69. The minimum Gasteiger partial charge on any atom is -0.361 e. The Kier molecular flexibility index (Phi) is 4.41. The molecule has 3 rings (SSSR count). The number of carbonyl (C=O) groups is 1. The first-order valence-electron chi connectivity index (χ1n) is 7.55. The molecule has 9 nitrogen and oxygen atoms in total. The summed E-state index contributed by atoms with van der Waals surface area (Å²) in [5, 5.41) is 10.8. The van der Waals surface area contributed by atoms with Gasteiger partial charge in [-0.25, -0.2) is 8.42 Å². The van der Waals surface area contributed by atoms with E-state index in [4.69, 9.17) is 4.52 Å². The molecule has 10 heteroatoms. The first kappa shape index (κ1) is 16.7. The molecule has 0 saturated carbocycles. The summed E-state index contributed by atoms with van der Waals surface area (Å²) in [5.74, 6) is 0.173.